The van der Waals surface area contributed by atoms with Gasteiger partial charge < -0.3 is 0 Å². The van der Waals surface area contributed by atoms with Crippen molar-refractivity contribution < 1.29 is 9.18 Å². The molecule has 0 aliphatic heterocycles. The number of hydrogen-bond donors (Lipinski definition) is 0. The number of carbonyl (C=O) groups is 1. The zero-order valence-electron chi connectivity index (χ0n) is 8.95. The summed E-state index contributed by atoms with van der Waals surface area (Å²) in [6.45, 7) is 0. The van der Waals surface area contributed by atoms with E-state index in [1.165, 1.54) is 12.1 Å². The lowest BCUT2D eigenvalue weighted by molar-refractivity contribution is -0.117. The van der Waals surface area contributed by atoms with E-state index in [1.807, 2.05) is 11.4 Å². The quantitative estimate of drug-likeness (QED) is 0.834. The van der Waals surface area contributed by atoms with Crippen LogP contribution < -0.4 is 0 Å². The Morgan fingerprint density at radius 3 is 2.76 bits per heavy atom. The molecule has 0 saturated carbocycles. The molecule has 0 unspecified atom stereocenters. The fourth-order valence-corrected chi connectivity index (χ4v) is 3.09. The second-order valence-electron chi connectivity index (χ2n) is 3.71. The highest BCUT2D eigenvalue weighted by atomic mass is 79.9. The maximum absolute atomic E-state index is 12.9. The van der Waals surface area contributed by atoms with E-state index >= 15 is 0 Å². The van der Waals surface area contributed by atoms with Gasteiger partial charge in [0.1, 0.15) is 11.6 Å². The number of benzene rings is 1. The number of Topliss-reactive ketones (excluding diaryl/α,β-unsaturated/α-hetero) is 1. The summed E-state index contributed by atoms with van der Waals surface area (Å²) >= 11 is 4.94. The molecule has 1 heterocycles. The highest BCUT2D eigenvalue weighted by molar-refractivity contribution is 9.10. The van der Waals surface area contributed by atoms with Crippen LogP contribution in [0.25, 0.3) is 0 Å². The molecule has 0 N–H and O–H groups in total. The Bertz CT molecular complexity index is 536. The van der Waals surface area contributed by atoms with E-state index in [9.17, 15) is 9.18 Å². The summed E-state index contributed by atoms with van der Waals surface area (Å²) < 4.78 is 13.9. The van der Waals surface area contributed by atoms with Crippen LogP contribution >= 0.6 is 27.3 Å². The van der Waals surface area contributed by atoms with Gasteiger partial charge in [-0.25, -0.2) is 4.39 Å². The smallest absolute Gasteiger partial charge is 0.142 e. The lowest BCUT2D eigenvalue weighted by atomic mass is 10.1. The maximum atomic E-state index is 12.9. The number of rotatable bonds is 4. The minimum absolute atomic E-state index is 0.0961. The van der Waals surface area contributed by atoms with Crippen molar-refractivity contribution in [2.24, 2.45) is 0 Å². The third-order valence-electron chi connectivity index (χ3n) is 2.34. The molecule has 1 aromatic heterocycles. The van der Waals surface area contributed by atoms with Crippen LogP contribution in [0.2, 0.25) is 0 Å². The van der Waals surface area contributed by atoms with E-state index in [0.717, 1.165) is 14.9 Å². The molecule has 0 spiro atoms. The van der Waals surface area contributed by atoms with Crippen LogP contribution in [-0.2, 0) is 17.6 Å². The molecule has 0 saturated heterocycles. The van der Waals surface area contributed by atoms with Crippen molar-refractivity contribution in [1.29, 1.82) is 0 Å². The topological polar surface area (TPSA) is 17.1 Å². The van der Waals surface area contributed by atoms with Gasteiger partial charge in [-0.2, -0.15) is 0 Å². The molecule has 2 rings (SSSR count). The second kappa shape index (κ2) is 5.56. The summed E-state index contributed by atoms with van der Waals surface area (Å²) in [6, 6.07) is 8.10. The van der Waals surface area contributed by atoms with Gasteiger partial charge in [0.2, 0.25) is 0 Å². The number of carbonyl (C=O) groups excluding carboxylic acids is 1. The van der Waals surface area contributed by atoms with Crippen LogP contribution in [0.3, 0.4) is 0 Å². The van der Waals surface area contributed by atoms with Crippen LogP contribution in [0.15, 0.2) is 40.2 Å². The van der Waals surface area contributed by atoms with E-state index in [1.54, 1.807) is 23.5 Å². The van der Waals surface area contributed by atoms with E-state index < -0.39 is 0 Å². The molecule has 0 atom stereocenters. The molecule has 2 aromatic rings. The summed E-state index contributed by atoms with van der Waals surface area (Å²) in [5, 5.41) is 1.94. The molecule has 88 valence electrons. The number of ketones is 1. The average molecular weight is 313 g/mol. The molecule has 17 heavy (non-hydrogen) atoms. The van der Waals surface area contributed by atoms with Crippen molar-refractivity contribution in [1.82, 2.24) is 0 Å². The predicted molar refractivity (Wildman–Crippen MR) is 70.8 cm³/mol. The Hall–Kier alpha value is -1.00. The second-order valence-corrected chi connectivity index (χ2v) is 5.57. The van der Waals surface area contributed by atoms with Gasteiger partial charge in [-0.1, -0.05) is 12.1 Å². The summed E-state index contributed by atoms with van der Waals surface area (Å²) in [5.74, 6) is -0.202. The Morgan fingerprint density at radius 1 is 1.29 bits per heavy atom. The largest absolute Gasteiger partial charge is 0.299 e. The van der Waals surface area contributed by atoms with Crippen molar-refractivity contribution in [3.05, 3.63) is 56.4 Å². The lowest BCUT2D eigenvalue weighted by Crippen LogP contribution is -2.05. The van der Waals surface area contributed by atoms with E-state index in [0.29, 0.717) is 6.42 Å². The minimum atomic E-state index is -0.299. The van der Waals surface area contributed by atoms with Crippen molar-refractivity contribution in [2.45, 2.75) is 12.8 Å². The first kappa shape index (κ1) is 12.5. The predicted octanol–water partition coefficient (Wildman–Crippen LogP) is 4.00. The third kappa shape index (κ3) is 3.48. The van der Waals surface area contributed by atoms with Crippen LogP contribution in [0, 0.1) is 5.82 Å². The molecular formula is C13H10BrFOS. The van der Waals surface area contributed by atoms with Gasteiger partial charge in [-0.3, -0.25) is 4.79 Å². The third-order valence-corrected chi connectivity index (χ3v) is 4.27. The first-order valence-corrected chi connectivity index (χ1v) is 6.80. The molecule has 1 nitrogen and oxygen atoms in total. The fourth-order valence-electron chi connectivity index (χ4n) is 1.57. The normalized spacial score (nSPS) is 10.5. The molecule has 0 fully saturated rings. The van der Waals surface area contributed by atoms with Gasteiger partial charge >= 0.3 is 0 Å². The minimum Gasteiger partial charge on any atom is -0.299 e. The monoisotopic (exact) mass is 312 g/mol. The molecule has 0 aliphatic rings. The Kier molecular flexibility index (Phi) is 4.07. The Labute approximate surface area is 111 Å². The number of halogens is 2. The lowest BCUT2D eigenvalue weighted by Gasteiger charge is -2.01. The van der Waals surface area contributed by atoms with Crippen LogP contribution in [-0.4, -0.2) is 5.78 Å². The van der Waals surface area contributed by atoms with Crippen molar-refractivity contribution in [3.63, 3.8) is 0 Å². The molecular weight excluding hydrogens is 303 g/mol. The van der Waals surface area contributed by atoms with Gasteiger partial charge in [-0.15, -0.1) is 11.3 Å². The molecule has 0 bridgehead atoms. The summed E-state index contributed by atoms with van der Waals surface area (Å²) in [4.78, 5) is 12.8. The summed E-state index contributed by atoms with van der Waals surface area (Å²) in [7, 11) is 0. The molecule has 0 radical (unpaired) electrons. The average Bonchev–Trinajstić information content (AvgIpc) is 2.64. The molecule has 4 heteroatoms. The van der Waals surface area contributed by atoms with E-state index in [-0.39, 0.29) is 18.0 Å². The van der Waals surface area contributed by atoms with Gasteiger partial charge in [0.05, 0.1) is 0 Å². The SMILES string of the molecule is O=C(Cc1cccc(F)c1)Cc1sccc1Br. The first-order chi connectivity index (χ1) is 8.15. The zero-order valence-corrected chi connectivity index (χ0v) is 11.4. The van der Waals surface area contributed by atoms with Crippen molar-refractivity contribution in [2.75, 3.05) is 0 Å². The van der Waals surface area contributed by atoms with Crippen molar-refractivity contribution >= 4 is 33.0 Å². The van der Waals surface area contributed by atoms with E-state index in [4.69, 9.17) is 0 Å². The highest BCUT2D eigenvalue weighted by Gasteiger charge is 2.09. The fraction of sp³-hybridized carbons (Fsp3) is 0.154. The van der Waals surface area contributed by atoms with Crippen LogP contribution in [0.4, 0.5) is 4.39 Å². The number of thiophene rings is 1. The van der Waals surface area contributed by atoms with E-state index in [2.05, 4.69) is 15.9 Å². The molecule has 1 aromatic carbocycles. The highest BCUT2D eigenvalue weighted by Crippen LogP contribution is 2.23. The zero-order chi connectivity index (χ0) is 12.3. The van der Waals surface area contributed by atoms with Gasteiger partial charge in [0.15, 0.2) is 0 Å². The molecule has 0 aliphatic carbocycles. The Morgan fingerprint density at radius 2 is 2.12 bits per heavy atom. The van der Waals surface area contributed by atoms with Gasteiger partial charge in [0, 0.05) is 22.2 Å². The standard InChI is InChI=1S/C13H10BrFOS/c14-12-4-5-17-13(12)8-11(16)7-9-2-1-3-10(15)6-9/h1-6H,7-8H2. The van der Waals surface area contributed by atoms with Crippen LogP contribution in [0.1, 0.15) is 10.4 Å². The van der Waals surface area contributed by atoms with Gasteiger partial charge in [-0.05, 0) is 45.1 Å². The summed E-state index contributed by atoms with van der Waals surface area (Å²) in [6.07, 6.45) is 0.677. The van der Waals surface area contributed by atoms with Crippen LogP contribution in [0.5, 0.6) is 0 Å². The maximum Gasteiger partial charge on any atom is 0.142 e. The number of hydrogen-bond acceptors (Lipinski definition) is 2. The molecule has 0 amide bonds. The van der Waals surface area contributed by atoms with Gasteiger partial charge in [0.25, 0.3) is 0 Å². The Balaban J connectivity index is 2.01. The summed E-state index contributed by atoms with van der Waals surface area (Å²) in [5.41, 5.74) is 0.725. The van der Waals surface area contributed by atoms with Crippen molar-refractivity contribution in [3.8, 4) is 0 Å². The first-order valence-electron chi connectivity index (χ1n) is 5.13.